The number of aliphatic hydroxyl groups is 2. The lowest BCUT2D eigenvalue weighted by Gasteiger charge is -2.20. The zero-order valence-electron chi connectivity index (χ0n) is 34.1. The van der Waals surface area contributed by atoms with Gasteiger partial charge in [0.1, 0.15) is 12.7 Å². The van der Waals surface area contributed by atoms with Crippen molar-refractivity contribution in [1.29, 1.82) is 0 Å². The molecule has 0 aromatic carbocycles. The van der Waals surface area contributed by atoms with E-state index in [-0.39, 0.29) is 19.4 Å². The third-order valence-electron chi connectivity index (χ3n) is 8.39. The molecule has 0 saturated carbocycles. The van der Waals surface area contributed by atoms with Crippen LogP contribution in [-0.2, 0) is 32.7 Å². The number of esters is 2. The van der Waals surface area contributed by atoms with Crippen LogP contribution in [0.5, 0.6) is 0 Å². The van der Waals surface area contributed by atoms with Crippen molar-refractivity contribution in [1.82, 2.24) is 0 Å². The molecule has 3 N–H and O–H groups in total. The molecule has 0 aliphatic heterocycles. The summed E-state index contributed by atoms with van der Waals surface area (Å²) in [5.41, 5.74) is 0. The van der Waals surface area contributed by atoms with E-state index in [1.807, 2.05) is 12.2 Å². The summed E-state index contributed by atoms with van der Waals surface area (Å²) < 4.78 is 32.6. The van der Waals surface area contributed by atoms with Crippen molar-refractivity contribution in [2.75, 3.05) is 26.4 Å². The number of rotatable bonds is 38. The summed E-state index contributed by atoms with van der Waals surface area (Å²) in [6, 6.07) is 0. The molecule has 0 aromatic heterocycles. The van der Waals surface area contributed by atoms with Crippen molar-refractivity contribution in [2.45, 2.75) is 167 Å². The van der Waals surface area contributed by atoms with Gasteiger partial charge in [0, 0.05) is 12.8 Å². The molecule has 0 heterocycles. The zero-order valence-corrected chi connectivity index (χ0v) is 35.0. The normalized spacial score (nSPS) is 14.6. The number of phosphoric ester groups is 1. The van der Waals surface area contributed by atoms with E-state index in [2.05, 4.69) is 79.1 Å². The Kier molecular flexibility index (Phi) is 37.8. The van der Waals surface area contributed by atoms with Crippen molar-refractivity contribution in [3.8, 4) is 0 Å². The lowest BCUT2D eigenvalue weighted by atomic mass is 10.0. The summed E-state index contributed by atoms with van der Waals surface area (Å²) in [7, 11) is -4.63. The molecule has 0 amide bonds. The van der Waals surface area contributed by atoms with E-state index in [0.717, 1.165) is 57.8 Å². The minimum Gasteiger partial charge on any atom is -0.462 e. The Morgan fingerprint density at radius 2 is 1.00 bits per heavy atom. The Balaban J connectivity index is 4.44. The van der Waals surface area contributed by atoms with Crippen LogP contribution in [0.25, 0.3) is 0 Å². The molecule has 1 unspecified atom stereocenters. The number of allylic oxidation sites excluding steroid dienone is 12. The van der Waals surface area contributed by atoms with Crippen molar-refractivity contribution < 1.29 is 47.8 Å². The molecule has 0 fully saturated rings. The van der Waals surface area contributed by atoms with Gasteiger partial charge in [-0.05, 0) is 51.4 Å². The largest absolute Gasteiger partial charge is 0.472 e. The number of phosphoric acid groups is 1. The number of carbonyl (C=O) groups excluding carboxylic acids is 2. The second-order valence-corrected chi connectivity index (χ2v) is 15.1. The summed E-state index contributed by atoms with van der Waals surface area (Å²) in [6.45, 7) is 2.16. The standard InChI is InChI=1S/C44H75O10P/c1-3-5-7-9-11-13-15-17-18-19-20-21-22-24-25-27-29-31-33-35-43(47)51-39-42(40-53-55(49,50)52-38-41(46)37-45)54-44(48)36-34-32-30-28-26-23-16-14-12-10-8-6-4-2/h5,7,11,13,17-18,20-21,24-25,29,31,41-42,45-46H,3-4,6,8-10,12,14-16,19,22-23,26-28,30,32-40H2,1-2H3,(H,49,50)/b7-5-,13-11-,18-17-,21-20-,25-24-,31-29-/t41-,42+/m0/s1. The fourth-order valence-corrected chi connectivity index (χ4v) is 5.98. The maximum absolute atomic E-state index is 12.6. The number of unbranched alkanes of at least 4 members (excludes halogenated alkanes) is 12. The molecule has 0 aliphatic carbocycles. The number of ether oxygens (including phenoxy) is 2. The third kappa shape index (κ3) is 39.4. The predicted molar refractivity (Wildman–Crippen MR) is 223 cm³/mol. The molecule has 0 bridgehead atoms. The average Bonchev–Trinajstić information content (AvgIpc) is 3.17. The Hall–Kier alpha value is -2.59. The molecule has 0 aromatic rings. The fraction of sp³-hybridized carbons (Fsp3) is 0.682. The van der Waals surface area contributed by atoms with Crippen molar-refractivity contribution in [3.05, 3.63) is 72.9 Å². The first-order chi connectivity index (χ1) is 26.7. The van der Waals surface area contributed by atoms with Gasteiger partial charge >= 0.3 is 19.8 Å². The number of aliphatic hydroxyl groups excluding tert-OH is 2. The van der Waals surface area contributed by atoms with Gasteiger partial charge < -0.3 is 24.6 Å². The van der Waals surface area contributed by atoms with Crippen LogP contribution in [0, 0.1) is 0 Å². The number of carbonyl (C=O) groups is 2. The minimum absolute atomic E-state index is 0.114. The zero-order chi connectivity index (χ0) is 40.5. The summed E-state index contributed by atoms with van der Waals surface area (Å²) in [6.07, 6.45) is 44.5. The topological polar surface area (TPSA) is 149 Å². The van der Waals surface area contributed by atoms with E-state index in [0.29, 0.717) is 12.8 Å². The highest BCUT2D eigenvalue weighted by Crippen LogP contribution is 2.43. The van der Waals surface area contributed by atoms with Gasteiger partial charge in [-0.1, -0.05) is 164 Å². The first-order valence-corrected chi connectivity index (χ1v) is 22.4. The average molecular weight is 795 g/mol. The molecule has 0 aliphatic rings. The molecule has 0 spiro atoms. The van der Waals surface area contributed by atoms with Crippen LogP contribution in [0.4, 0.5) is 0 Å². The monoisotopic (exact) mass is 795 g/mol. The highest BCUT2D eigenvalue weighted by atomic mass is 31.2. The Labute approximate surface area is 333 Å². The minimum atomic E-state index is -4.63. The van der Waals surface area contributed by atoms with Gasteiger partial charge in [0.25, 0.3) is 0 Å². The quantitative estimate of drug-likeness (QED) is 0.0239. The number of hydrogen-bond acceptors (Lipinski definition) is 9. The van der Waals surface area contributed by atoms with Crippen LogP contribution in [0.3, 0.4) is 0 Å². The summed E-state index contributed by atoms with van der Waals surface area (Å²) in [4.78, 5) is 34.9. The van der Waals surface area contributed by atoms with Crippen molar-refractivity contribution >= 4 is 19.8 Å². The molecule has 0 radical (unpaired) electrons. The Morgan fingerprint density at radius 1 is 0.564 bits per heavy atom. The molecule has 316 valence electrons. The molecule has 10 nitrogen and oxygen atoms in total. The van der Waals surface area contributed by atoms with Crippen molar-refractivity contribution in [2.24, 2.45) is 0 Å². The molecule has 0 rings (SSSR count). The molecule has 0 saturated heterocycles. The van der Waals surface area contributed by atoms with Gasteiger partial charge in [0.05, 0.1) is 19.8 Å². The third-order valence-corrected chi connectivity index (χ3v) is 9.34. The predicted octanol–water partition coefficient (Wildman–Crippen LogP) is 10.9. The van der Waals surface area contributed by atoms with Crippen molar-refractivity contribution in [3.63, 3.8) is 0 Å². The molecule has 3 atom stereocenters. The van der Waals surface area contributed by atoms with Gasteiger partial charge in [-0.25, -0.2) is 4.57 Å². The summed E-state index contributed by atoms with van der Waals surface area (Å²) >= 11 is 0. The van der Waals surface area contributed by atoms with Gasteiger partial charge in [0.2, 0.25) is 0 Å². The second-order valence-electron chi connectivity index (χ2n) is 13.6. The maximum atomic E-state index is 12.6. The number of hydrogen-bond donors (Lipinski definition) is 3. The lowest BCUT2D eigenvalue weighted by molar-refractivity contribution is -0.161. The molecular weight excluding hydrogens is 719 g/mol. The van der Waals surface area contributed by atoms with E-state index in [1.165, 1.54) is 57.8 Å². The Bertz CT molecular complexity index is 1140. The molecular formula is C44H75O10P. The van der Waals surface area contributed by atoms with Crippen LogP contribution >= 0.6 is 7.82 Å². The van der Waals surface area contributed by atoms with E-state index in [4.69, 9.17) is 19.1 Å². The fourth-order valence-electron chi connectivity index (χ4n) is 5.19. The summed E-state index contributed by atoms with van der Waals surface area (Å²) in [5.74, 6) is -1.03. The highest BCUT2D eigenvalue weighted by Gasteiger charge is 2.27. The SMILES string of the molecule is CC/C=C\C/C=C\C/C=C\C/C=C\C/C=C\C/C=C\CCC(=O)OC[C@H](COP(=O)(O)OC[C@@H](O)CO)OC(=O)CCCCCCCCCCCCCCC. The van der Waals surface area contributed by atoms with E-state index >= 15 is 0 Å². The smallest absolute Gasteiger partial charge is 0.462 e. The van der Waals surface area contributed by atoms with E-state index in [9.17, 15) is 24.2 Å². The van der Waals surface area contributed by atoms with Crippen LogP contribution in [0.2, 0.25) is 0 Å². The lowest BCUT2D eigenvalue weighted by Crippen LogP contribution is -2.29. The first-order valence-electron chi connectivity index (χ1n) is 20.9. The van der Waals surface area contributed by atoms with Crippen LogP contribution in [0.15, 0.2) is 72.9 Å². The molecule has 55 heavy (non-hydrogen) atoms. The van der Waals surface area contributed by atoms with Crippen LogP contribution in [-0.4, -0.2) is 65.7 Å². The van der Waals surface area contributed by atoms with Crippen LogP contribution in [0.1, 0.15) is 155 Å². The first kappa shape index (κ1) is 52.4. The van der Waals surface area contributed by atoms with Gasteiger partial charge in [-0.2, -0.15) is 0 Å². The van der Waals surface area contributed by atoms with Gasteiger partial charge in [-0.15, -0.1) is 0 Å². The van der Waals surface area contributed by atoms with Gasteiger partial charge in [-0.3, -0.25) is 18.6 Å². The molecule has 11 heteroatoms. The van der Waals surface area contributed by atoms with E-state index < -0.39 is 51.8 Å². The van der Waals surface area contributed by atoms with Crippen LogP contribution < -0.4 is 0 Å². The van der Waals surface area contributed by atoms with E-state index in [1.54, 1.807) is 0 Å². The summed E-state index contributed by atoms with van der Waals surface area (Å²) in [5, 5.41) is 18.3. The Morgan fingerprint density at radius 3 is 1.47 bits per heavy atom. The van der Waals surface area contributed by atoms with Gasteiger partial charge in [0.15, 0.2) is 6.10 Å². The maximum Gasteiger partial charge on any atom is 0.472 e. The second kappa shape index (κ2) is 39.6. The highest BCUT2D eigenvalue weighted by molar-refractivity contribution is 7.47.